The van der Waals surface area contributed by atoms with Gasteiger partial charge in [0.05, 0.1) is 6.61 Å². The molecule has 0 saturated carbocycles. The summed E-state index contributed by atoms with van der Waals surface area (Å²) in [7, 11) is 5.42. The molecule has 78 valence electrons. The van der Waals surface area contributed by atoms with Gasteiger partial charge in [-0.25, -0.2) is 0 Å². The summed E-state index contributed by atoms with van der Waals surface area (Å²) >= 11 is 0. The maximum Gasteiger partial charge on any atom is 0.176 e. The summed E-state index contributed by atoms with van der Waals surface area (Å²) in [5.74, 6) is 0.678. The van der Waals surface area contributed by atoms with E-state index in [0.29, 0.717) is 12.4 Å². The second-order valence-corrected chi connectivity index (χ2v) is 3.17. The average molecular weight is 197 g/mol. The van der Waals surface area contributed by atoms with Crippen LogP contribution in [0.3, 0.4) is 0 Å². The molecule has 0 aliphatic rings. The predicted octanol–water partition coefficient (Wildman–Crippen LogP) is 1.08. The van der Waals surface area contributed by atoms with Crippen LogP contribution in [-0.4, -0.2) is 38.0 Å². The molecule has 0 aromatic carbocycles. The quantitative estimate of drug-likeness (QED) is 0.663. The Morgan fingerprint density at radius 1 is 1.71 bits per heavy atom. The van der Waals surface area contributed by atoms with Crippen molar-refractivity contribution in [3.63, 3.8) is 0 Å². The van der Waals surface area contributed by atoms with Crippen LogP contribution in [0.25, 0.3) is 0 Å². The highest BCUT2D eigenvalue weighted by molar-refractivity contribution is 5.25. The van der Waals surface area contributed by atoms with Crippen LogP contribution in [0.1, 0.15) is 17.6 Å². The minimum Gasteiger partial charge on any atom is -0.378 e. The van der Waals surface area contributed by atoms with Gasteiger partial charge in [-0.2, -0.15) is 0 Å². The first-order chi connectivity index (χ1) is 6.69. The van der Waals surface area contributed by atoms with E-state index in [-0.39, 0.29) is 6.17 Å². The summed E-state index contributed by atoms with van der Waals surface area (Å²) in [4.78, 5) is 5.83. The molecule has 0 amide bonds. The number of hydrogen-bond acceptors (Lipinski definition) is 5. The molecule has 1 heterocycles. The lowest BCUT2D eigenvalue weighted by atomic mass is 10.3. The van der Waals surface area contributed by atoms with Crippen LogP contribution < -0.4 is 0 Å². The first-order valence-electron chi connectivity index (χ1n) is 4.25. The summed E-state index contributed by atoms with van der Waals surface area (Å²) in [6.07, 6.45) is -0.187. The van der Waals surface area contributed by atoms with E-state index in [1.54, 1.807) is 7.11 Å². The Hall–Kier alpha value is -1.20. The fourth-order valence-corrected chi connectivity index (χ4v) is 1.17. The molecule has 0 aliphatic heterocycles. The summed E-state index contributed by atoms with van der Waals surface area (Å²) < 4.78 is 10.1. The molecule has 0 N–H and O–H groups in total. The molecule has 0 saturated heterocycles. The van der Waals surface area contributed by atoms with Crippen molar-refractivity contribution in [3.05, 3.63) is 17.5 Å². The molecule has 1 rings (SSSR count). The largest absolute Gasteiger partial charge is 0.378 e. The lowest BCUT2D eigenvalue weighted by Gasteiger charge is -2.15. The van der Waals surface area contributed by atoms with Crippen LogP contribution in [0.2, 0.25) is 0 Å². The molecule has 5 heteroatoms. The van der Waals surface area contributed by atoms with Crippen LogP contribution in [0.15, 0.2) is 15.6 Å². The lowest BCUT2D eigenvalue weighted by Crippen LogP contribution is -2.17. The Bertz CT molecular complexity index is 296. The van der Waals surface area contributed by atoms with Gasteiger partial charge in [0, 0.05) is 13.2 Å². The third-order valence-electron chi connectivity index (χ3n) is 1.79. The van der Waals surface area contributed by atoms with E-state index in [1.165, 1.54) is 0 Å². The molecule has 0 aliphatic carbocycles. The summed E-state index contributed by atoms with van der Waals surface area (Å²) in [5.41, 5.74) is 0.762. The highest BCUT2D eigenvalue weighted by atomic mass is 16.5. The Morgan fingerprint density at radius 3 is 2.93 bits per heavy atom. The molecule has 1 aromatic heterocycles. The van der Waals surface area contributed by atoms with E-state index < -0.39 is 0 Å². The second kappa shape index (κ2) is 4.88. The standard InChI is InChI=1S/C9H15N3O2/c1-10-9(12(2)3)8-5-7(6-13-4)11-14-8/h5,9H,1,6H2,2-4H3. The normalized spacial score (nSPS) is 13.1. The van der Waals surface area contributed by atoms with Crippen molar-refractivity contribution in [2.24, 2.45) is 4.99 Å². The maximum absolute atomic E-state index is 5.13. The molecule has 1 unspecified atom stereocenters. The van der Waals surface area contributed by atoms with Crippen molar-refractivity contribution >= 4 is 6.72 Å². The number of aliphatic imine (C=N–C) groups is 1. The van der Waals surface area contributed by atoms with Crippen molar-refractivity contribution in [2.45, 2.75) is 12.8 Å². The van der Waals surface area contributed by atoms with Gasteiger partial charge >= 0.3 is 0 Å². The Labute approximate surface area is 83.4 Å². The highest BCUT2D eigenvalue weighted by Crippen LogP contribution is 2.19. The first kappa shape index (κ1) is 10.9. The van der Waals surface area contributed by atoms with E-state index in [9.17, 15) is 0 Å². The van der Waals surface area contributed by atoms with Gasteiger partial charge in [0.1, 0.15) is 5.69 Å². The molecule has 1 aromatic rings. The zero-order valence-electron chi connectivity index (χ0n) is 8.73. The minimum absolute atomic E-state index is 0.187. The van der Waals surface area contributed by atoms with Gasteiger partial charge in [0.15, 0.2) is 11.9 Å². The third kappa shape index (κ3) is 2.40. The molecule has 0 fully saturated rings. The van der Waals surface area contributed by atoms with Gasteiger partial charge in [-0.05, 0) is 20.8 Å². The van der Waals surface area contributed by atoms with Gasteiger partial charge in [-0.1, -0.05) is 5.16 Å². The first-order valence-corrected chi connectivity index (χ1v) is 4.25. The van der Waals surface area contributed by atoms with E-state index in [4.69, 9.17) is 9.26 Å². The molecule has 0 radical (unpaired) electrons. The smallest absolute Gasteiger partial charge is 0.176 e. The molecule has 0 spiro atoms. The Balaban J connectivity index is 2.78. The van der Waals surface area contributed by atoms with Crippen LogP contribution in [0, 0.1) is 0 Å². The SMILES string of the molecule is C=NC(c1cc(COC)no1)N(C)C. The van der Waals surface area contributed by atoms with Crippen molar-refractivity contribution < 1.29 is 9.26 Å². The van der Waals surface area contributed by atoms with E-state index >= 15 is 0 Å². The monoisotopic (exact) mass is 197 g/mol. The van der Waals surface area contributed by atoms with E-state index in [0.717, 1.165) is 5.69 Å². The van der Waals surface area contributed by atoms with Gasteiger partial charge in [-0.15, -0.1) is 0 Å². The number of rotatable bonds is 5. The van der Waals surface area contributed by atoms with Gasteiger partial charge in [0.25, 0.3) is 0 Å². The van der Waals surface area contributed by atoms with Crippen LogP contribution in [-0.2, 0) is 11.3 Å². The lowest BCUT2D eigenvalue weighted by molar-refractivity contribution is 0.176. The molecule has 1 atom stereocenters. The van der Waals surface area contributed by atoms with Crippen LogP contribution in [0.5, 0.6) is 0 Å². The average Bonchev–Trinajstić information content (AvgIpc) is 2.54. The zero-order chi connectivity index (χ0) is 10.6. The van der Waals surface area contributed by atoms with Crippen molar-refractivity contribution in [1.82, 2.24) is 10.1 Å². The topological polar surface area (TPSA) is 50.9 Å². The maximum atomic E-state index is 5.13. The molecule has 14 heavy (non-hydrogen) atoms. The number of ether oxygens (including phenoxy) is 1. The third-order valence-corrected chi connectivity index (χ3v) is 1.79. The van der Waals surface area contributed by atoms with Crippen molar-refractivity contribution in [3.8, 4) is 0 Å². The van der Waals surface area contributed by atoms with Gasteiger partial charge < -0.3 is 9.26 Å². The predicted molar refractivity (Wildman–Crippen MR) is 53.2 cm³/mol. The van der Waals surface area contributed by atoms with Gasteiger partial charge in [-0.3, -0.25) is 9.89 Å². The van der Waals surface area contributed by atoms with E-state index in [2.05, 4.69) is 16.9 Å². The van der Waals surface area contributed by atoms with E-state index in [1.807, 2.05) is 25.1 Å². The fourth-order valence-electron chi connectivity index (χ4n) is 1.17. The zero-order valence-corrected chi connectivity index (χ0v) is 8.73. The van der Waals surface area contributed by atoms with Crippen molar-refractivity contribution in [2.75, 3.05) is 21.2 Å². The number of hydrogen-bond donors (Lipinski definition) is 0. The fraction of sp³-hybridized carbons (Fsp3) is 0.556. The van der Waals surface area contributed by atoms with Crippen LogP contribution in [0.4, 0.5) is 0 Å². The van der Waals surface area contributed by atoms with Gasteiger partial charge in [0.2, 0.25) is 0 Å². The Kier molecular flexibility index (Phi) is 3.79. The second-order valence-electron chi connectivity index (χ2n) is 3.17. The molecular formula is C9H15N3O2. The molecule has 5 nitrogen and oxygen atoms in total. The molecular weight excluding hydrogens is 182 g/mol. The number of methoxy groups -OCH3 is 1. The Morgan fingerprint density at radius 2 is 2.43 bits per heavy atom. The number of aromatic nitrogens is 1. The summed E-state index contributed by atoms with van der Waals surface area (Å²) in [5, 5.41) is 3.84. The number of nitrogens with zero attached hydrogens (tertiary/aromatic N) is 3. The van der Waals surface area contributed by atoms with Crippen LogP contribution >= 0.6 is 0 Å². The minimum atomic E-state index is -0.187. The highest BCUT2D eigenvalue weighted by Gasteiger charge is 2.16. The molecule has 0 bridgehead atoms. The van der Waals surface area contributed by atoms with Crippen molar-refractivity contribution in [1.29, 1.82) is 0 Å². The summed E-state index contributed by atoms with van der Waals surface area (Å²) in [6.45, 7) is 3.95. The summed E-state index contributed by atoms with van der Waals surface area (Å²) in [6, 6.07) is 1.82.